The summed E-state index contributed by atoms with van der Waals surface area (Å²) >= 11 is 1.47. The molecular weight excluding hydrogens is 248 g/mol. The van der Waals surface area contributed by atoms with Gasteiger partial charge >= 0.3 is 0 Å². The van der Waals surface area contributed by atoms with E-state index in [4.69, 9.17) is 21.6 Å². The first-order chi connectivity index (χ1) is 8.60. The van der Waals surface area contributed by atoms with E-state index in [0.29, 0.717) is 5.25 Å². The zero-order valence-corrected chi connectivity index (χ0v) is 11.5. The molecule has 0 aromatic rings. The second-order valence-electron chi connectivity index (χ2n) is 5.17. The predicted molar refractivity (Wildman–Crippen MR) is 75.9 cm³/mol. The molecule has 1 saturated carbocycles. The molecule has 1 unspecified atom stereocenters. The van der Waals surface area contributed by atoms with Crippen LogP contribution in [0.2, 0.25) is 0 Å². The van der Waals surface area contributed by atoms with Gasteiger partial charge in [0.2, 0.25) is 0 Å². The van der Waals surface area contributed by atoms with Gasteiger partial charge in [0.1, 0.15) is 0 Å². The number of nitrogens with zero attached hydrogens (tertiary/aromatic N) is 1. The largest absolute Gasteiger partial charge is 0.375 e. The lowest BCUT2D eigenvalue weighted by atomic mass is 9.80. The van der Waals surface area contributed by atoms with Gasteiger partial charge in [0.25, 0.3) is 0 Å². The van der Waals surface area contributed by atoms with Crippen LogP contribution in [0.5, 0.6) is 0 Å². The Labute approximate surface area is 112 Å². The van der Waals surface area contributed by atoms with Crippen LogP contribution in [0.3, 0.4) is 0 Å². The van der Waals surface area contributed by atoms with Crippen LogP contribution < -0.4 is 11.5 Å². The number of amidine groups is 1. The first-order valence-corrected chi connectivity index (χ1v) is 7.46. The van der Waals surface area contributed by atoms with Crippen molar-refractivity contribution in [2.75, 3.05) is 6.61 Å². The Morgan fingerprint density at radius 1 is 1.28 bits per heavy atom. The summed E-state index contributed by atoms with van der Waals surface area (Å²) < 4.78 is 6.03. The van der Waals surface area contributed by atoms with Crippen molar-refractivity contribution in [2.24, 2.45) is 16.5 Å². The van der Waals surface area contributed by atoms with Crippen LogP contribution >= 0.6 is 11.8 Å². The highest BCUT2D eigenvalue weighted by molar-refractivity contribution is 8.14. The molecule has 18 heavy (non-hydrogen) atoms. The zero-order chi connectivity index (χ0) is 13.0. The summed E-state index contributed by atoms with van der Waals surface area (Å²) in [7, 11) is 0. The molecule has 5 nitrogen and oxygen atoms in total. The first-order valence-electron chi connectivity index (χ1n) is 6.58. The molecule has 102 valence electrons. The fraction of sp³-hybridized carbons (Fsp3) is 0.833. The fourth-order valence-corrected chi connectivity index (χ4v) is 4.00. The van der Waals surface area contributed by atoms with Crippen LogP contribution in [0.1, 0.15) is 44.9 Å². The van der Waals surface area contributed by atoms with Gasteiger partial charge in [0.15, 0.2) is 11.1 Å². The standard InChI is InChI=1S/C12H22N4OS/c13-10(14)16-11(15)18-9-4-7-17-12(8-9)5-2-1-3-6-12/h9H,1-8H2,(H5,13,14,15,16). The molecule has 1 saturated heterocycles. The highest BCUT2D eigenvalue weighted by atomic mass is 32.2. The van der Waals surface area contributed by atoms with E-state index >= 15 is 0 Å². The van der Waals surface area contributed by atoms with Crippen molar-refractivity contribution in [2.45, 2.75) is 55.8 Å². The molecule has 0 aromatic heterocycles. The smallest absolute Gasteiger partial charge is 0.193 e. The Kier molecular flexibility index (Phi) is 4.50. The van der Waals surface area contributed by atoms with Crippen LogP contribution in [0.15, 0.2) is 4.99 Å². The molecule has 1 aliphatic carbocycles. The molecule has 2 rings (SSSR count). The average Bonchev–Trinajstić information content (AvgIpc) is 2.28. The number of aliphatic imine (C=N–C) groups is 1. The quantitative estimate of drug-likeness (QED) is 0.500. The number of guanidine groups is 1. The normalized spacial score (nSPS) is 26.8. The second kappa shape index (κ2) is 5.93. The maximum Gasteiger partial charge on any atom is 0.193 e. The van der Waals surface area contributed by atoms with Crippen molar-refractivity contribution in [1.82, 2.24) is 0 Å². The molecule has 0 radical (unpaired) electrons. The summed E-state index contributed by atoms with van der Waals surface area (Å²) in [4.78, 5) is 3.78. The van der Waals surface area contributed by atoms with Crippen LogP contribution in [0, 0.1) is 5.41 Å². The predicted octanol–water partition coefficient (Wildman–Crippen LogP) is 1.81. The summed E-state index contributed by atoms with van der Waals surface area (Å²) in [5, 5.41) is 8.36. The Morgan fingerprint density at radius 2 is 2.00 bits per heavy atom. The molecule has 1 spiro atoms. The molecule has 6 heteroatoms. The number of rotatable bonds is 1. The molecule has 1 atom stereocenters. The molecule has 2 fully saturated rings. The topological polar surface area (TPSA) is 97.5 Å². The van der Waals surface area contributed by atoms with Gasteiger partial charge in [-0.05, 0) is 25.7 Å². The Balaban J connectivity index is 1.90. The lowest BCUT2D eigenvalue weighted by Crippen LogP contribution is -2.42. The van der Waals surface area contributed by atoms with Gasteiger partial charge in [-0.15, -0.1) is 0 Å². The molecular formula is C12H22N4OS. The molecule has 5 N–H and O–H groups in total. The minimum Gasteiger partial charge on any atom is -0.375 e. The highest BCUT2D eigenvalue weighted by Crippen LogP contribution is 2.41. The number of nitrogens with two attached hydrogens (primary N) is 2. The fourth-order valence-electron chi connectivity index (χ4n) is 2.93. The lowest BCUT2D eigenvalue weighted by molar-refractivity contribution is -0.0970. The Morgan fingerprint density at radius 3 is 2.67 bits per heavy atom. The van der Waals surface area contributed by atoms with Gasteiger partial charge in [0.05, 0.1) is 5.60 Å². The van der Waals surface area contributed by atoms with E-state index in [1.54, 1.807) is 0 Å². The maximum atomic E-state index is 7.73. The van der Waals surface area contributed by atoms with Crippen molar-refractivity contribution in [3.8, 4) is 0 Å². The van der Waals surface area contributed by atoms with Gasteiger partial charge in [-0.25, -0.2) is 0 Å². The second-order valence-corrected chi connectivity index (χ2v) is 6.46. The Bertz CT molecular complexity index is 329. The Hall–Kier alpha value is -0.750. The van der Waals surface area contributed by atoms with E-state index in [9.17, 15) is 0 Å². The van der Waals surface area contributed by atoms with Crippen LogP contribution in [-0.4, -0.2) is 28.6 Å². The van der Waals surface area contributed by atoms with Crippen LogP contribution in [-0.2, 0) is 4.74 Å². The van der Waals surface area contributed by atoms with Gasteiger partial charge in [-0.2, -0.15) is 4.99 Å². The third-order valence-electron chi connectivity index (χ3n) is 3.72. The van der Waals surface area contributed by atoms with E-state index in [1.165, 1.54) is 43.9 Å². The van der Waals surface area contributed by atoms with Crippen molar-refractivity contribution in [3.05, 3.63) is 0 Å². The van der Waals surface area contributed by atoms with E-state index in [0.717, 1.165) is 19.4 Å². The lowest BCUT2D eigenvalue weighted by Gasteiger charge is -2.43. The van der Waals surface area contributed by atoms with E-state index in [-0.39, 0.29) is 16.7 Å². The zero-order valence-electron chi connectivity index (χ0n) is 10.7. The molecule has 0 aromatic carbocycles. The number of thioether (sulfide) groups is 1. The monoisotopic (exact) mass is 270 g/mol. The first kappa shape index (κ1) is 13.7. The number of ether oxygens (including phenoxy) is 1. The van der Waals surface area contributed by atoms with E-state index in [1.807, 2.05) is 0 Å². The van der Waals surface area contributed by atoms with Gasteiger partial charge in [-0.3, -0.25) is 5.41 Å². The van der Waals surface area contributed by atoms with Crippen molar-refractivity contribution in [3.63, 3.8) is 0 Å². The van der Waals surface area contributed by atoms with Gasteiger partial charge in [0, 0.05) is 11.9 Å². The third kappa shape index (κ3) is 3.62. The number of hydrogen-bond donors (Lipinski definition) is 3. The van der Waals surface area contributed by atoms with E-state index < -0.39 is 0 Å². The van der Waals surface area contributed by atoms with Crippen molar-refractivity contribution in [1.29, 1.82) is 5.41 Å². The minimum atomic E-state index is -0.0352. The summed E-state index contributed by atoms with van der Waals surface area (Å²) in [5.74, 6) is -0.0352. The van der Waals surface area contributed by atoms with Crippen LogP contribution in [0.4, 0.5) is 0 Å². The van der Waals surface area contributed by atoms with Gasteiger partial charge < -0.3 is 16.2 Å². The van der Waals surface area contributed by atoms with Gasteiger partial charge in [-0.1, -0.05) is 31.0 Å². The molecule has 0 amide bonds. The maximum absolute atomic E-state index is 7.73. The van der Waals surface area contributed by atoms with E-state index in [2.05, 4.69) is 4.99 Å². The van der Waals surface area contributed by atoms with Crippen molar-refractivity contribution < 1.29 is 4.74 Å². The average molecular weight is 270 g/mol. The highest BCUT2D eigenvalue weighted by Gasteiger charge is 2.38. The summed E-state index contributed by atoms with van der Waals surface area (Å²) in [6.07, 6.45) is 8.20. The number of nitrogens with one attached hydrogen (secondary N) is 1. The molecule has 2 aliphatic rings. The molecule has 1 aliphatic heterocycles. The van der Waals surface area contributed by atoms with Crippen LogP contribution in [0.25, 0.3) is 0 Å². The summed E-state index contributed by atoms with van der Waals surface area (Å²) in [6, 6.07) is 0. The molecule has 1 heterocycles. The SMILES string of the molecule is N=C(N=C(N)N)SC1CCOC2(CCCCC2)C1. The summed E-state index contributed by atoms with van der Waals surface area (Å²) in [6.45, 7) is 0.798. The minimum absolute atomic E-state index is 0.0352. The van der Waals surface area contributed by atoms with Crippen molar-refractivity contribution >= 4 is 22.9 Å². The third-order valence-corrected chi connectivity index (χ3v) is 4.77. The number of hydrogen-bond acceptors (Lipinski definition) is 3. The molecule has 0 bridgehead atoms. The summed E-state index contributed by atoms with van der Waals surface area (Å²) in [5.41, 5.74) is 10.6.